The van der Waals surface area contributed by atoms with E-state index in [0.29, 0.717) is 9.21 Å². The lowest BCUT2D eigenvalue weighted by atomic mass is 10.3. The Bertz CT molecular complexity index is 685. The highest BCUT2D eigenvalue weighted by Gasteiger charge is 2.15. The summed E-state index contributed by atoms with van der Waals surface area (Å²) in [5.74, 6) is 0.229. The van der Waals surface area contributed by atoms with Gasteiger partial charge < -0.3 is 9.47 Å². The van der Waals surface area contributed by atoms with E-state index in [1.165, 1.54) is 25.3 Å². The number of non-ortho nitro benzene ring substituents is 1. The van der Waals surface area contributed by atoms with Gasteiger partial charge in [-0.2, -0.15) is 0 Å². The molecule has 6 nitrogen and oxygen atoms in total. The van der Waals surface area contributed by atoms with Crippen LogP contribution in [0.15, 0.2) is 30.3 Å². The molecule has 0 unspecified atom stereocenters. The van der Waals surface area contributed by atoms with Gasteiger partial charge in [0.25, 0.3) is 5.69 Å². The Morgan fingerprint density at radius 2 is 2.10 bits per heavy atom. The molecule has 0 radical (unpaired) electrons. The number of methoxy groups -OCH3 is 1. The number of hydrogen-bond acceptors (Lipinski definition) is 6. The molecule has 0 N–H and O–H groups in total. The molecule has 0 aliphatic rings. The molecule has 0 saturated heterocycles. The third-order valence-electron chi connectivity index (χ3n) is 2.56. The van der Waals surface area contributed by atoms with Gasteiger partial charge in [0.2, 0.25) is 5.78 Å². The summed E-state index contributed by atoms with van der Waals surface area (Å²) in [6, 6.07) is 7.16. The van der Waals surface area contributed by atoms with E-state index in [2.05, 4.69) is 0 Å². The number of rotatable bonds is 6. The molecule has 0 aliphatic heterocycles. The maximum Gasteiger partial charge on any atom is 0.273 e. The third kappa shape index (κ3) is 3.71. The van der Waals surface area contributed by atoms with Crippen LogP contribution < -0.4 is 9.47 Å². The molecule has 0 fully saturated rings. The van der Waals surface area contributed by atoms with Crippen molar-refractivity contribution >= 4 is 34.4 Å². The minimum absolute atomic E-state index is 0.115. The molecule has 2 aromatic rings. The summed E-state index contributed by atoms with van der Waals surface area (Å²) in [5, 5.41) is 10.7. The van der Waals surface area contributed by atoms with Gasteiger partial charge in [0, 0.05) is 6.07 Å². The predicted octanol–water partition coefficient (Wildman–Crippen LogP) is 3.58. The zero-order chi connectivity index (χ0) is 15.4. The van der Waals surface area contributed by atoms with Gasteiger partial charge in [-0.1, -0.05) is 11.6 Å². The topological polar surface area (TPSA) is 78.7 Å². The highest BCUT2D eigenvalue weighted by atomic mass is 35.5. The van der Waals surface area contributed by atoms with Crippen LogP contribution in [0.2, 0.25) is 4.34 Å². The predicted molar refractivity (Wildman–Crippen MR) is 78.8 cm³/mol. The lowest BCUT2D eigenvalue weighted by molar-refractivity contribution is -0.384. The monoisotopic (exact) mass is 327 g/mol. The van der Waals surface area contributed by atoms with E-state index in [0.717, 1.165) is 11.3 Å². The minimum Gasteiger partial charge on any atom is -0.493 e. The number of halogens is 1. The van der Waals surface area contributed by atoms with Crippen molar-refractivity contribution in [2.45, 2.75) is 0 Å². The first-order chi connectivity index (χ1) is 10.0. The maximum absolute atomic E-state index is 11.9. The van der Waals surface area contributed by atoms with Crippen LogP contribution in [0, 0.1) is 10.1 Å². The van der Waals surface area contributed by atoms with Crippen LogP contribution in [0.4, 0.5) is 5.69 Å². The molecule has 1 heterocycles. The molecule has 2 rings (SSSR count). The largest absolute Gasteiger partial charge is 0.493 e. The summed E-state index contributed by atoms with van der Waals surface area (Å²) in [4.78, 5) is 22.5. The van der Waals surface area contributed by atoms with Crippen molar-refractivity contribution < 1.29 is 19.2 Å². The van der Waals surface area contributed by atoms with E-state index >= 15 is 0 Å². The van der Waals surface area contributed by atoms with Crippen molar-refractivity contribution in [2.24, 2.45) is 0 Å². The Balaban J connectivity index is 2.09. The first kappa shape index (κ1) is 15.3. The molecule has 110 valence electrons. The van der Waals surface area contributed by atoms with Crippen molar-refractivity contribution in [2.75, 3.05) is 13.7 Å². The molecule has 0 saturated carbocycles. The molecule has 0 bridgehead atoms. The first-order valence-corrected chi connectivity index (χ1v) is 6.94. The number of ketones is 1. The average Bonchev–Trinajstić information content (AvgIpc) is 2.91. The minimum atomic E-state index is -0.537. The van der Waals surface area contributed by atoms with Crippen molar-refractivity contribution in [1.29, 1.82) is 0 Å². The summed E-state index contributed by atoms with van der Waals surface area (Å²) in [6.45, 7) is -0.203. The Hall–Kier alpha value is -2.12. The lowest BCUT2D eigenvalue weighted by Crippen LogP contribution is -2.10. The number of carbonyl (C=O) groups is 1. The highest BCUT2D eigenvalue weighted by Crippen LogP contribution is 2.31. The fourth-order valence-electron chi connectivity index (χ4n) is 1.57. The number of thiophene rings is 1. The number of nitro groups is 1. The van der Waals surface area contributed by atoms with Crippen LogP contribution in [0.1, 0.15) is 9.67 Å². The van der Waals surface area contributed by atoms with E-state index in [9.17, 15) is 14.9 Å². The Morgan fingerprint density at radius 3 is 2.67 bits per heavy atom. The molecule has 0 amide bonds. The zero-order valence-corrected chi connectivity index (χ0v) is 12.4. The van der Waals surface area contributed by atoms with Gasteiger partial charge in [-0.25, -0.2) is 0 Å². The smallest absolute Gasteiger partial charge is 0.273 e. The molecule has 21 heavy (non-hydrogen) atoms. The third-order valence-corrected chi connectivity index (χ3v) is 3.84. The molecule has 0 aliphatic carbocycles. The molecule has 1 aromatic heterocycles. The van der Waals surface area contributed by atoms with Gasteiger partial charge >= 0.3 is 0 Å². The number of nitrogens with zero attached hydrogens (tertiary/aromatic N) is 1. The summed E-state index contributed by atoms with van der Waals surface area (Å²) in [7, 11) is 1.37. The number of nitro benzene ring substituents is 1. The normalized spacial score (nSPS) is 10.2. The molecule has 8 heteroatoms. The van der Waals surface area contributed by atoms with Crippen LogP contribution in [-0.4, -0.2) is 24.4 Å². The van der Waals surface area contributed by atoms with Gasteiger partial charge in [0.1, 0.15) is 0 Å². The number of Topliss-reactive ketones (excluding diaryl/α,β-unsaturated/α-hetero) is 1. The molecular formula is C13H10ClNO5S. The fraction of sp³-hybridized carbons (Fsp3) is 0.154. The van der Waals surface area contributed by atoms with Gasteiger partial charge in [0.05, 0.1) is 27.3 Å². The molecular weight excluding hydrogens is 318 g/mol. The van der Waals surface area contributed by atoms with E-state index in [-0.39, 0.29) is 29.6 Å². The quantitative estimate of drug-likeness (QED) is 0.460. The summed E-state index contributed by atoms with van der Waals surface area (Å²) in [6.07, 6.45) is 0. The maximum atomic E-state index is 11.9. The average molecular weight is 328 g/mol. The van der Waals surface area contributed by atoms with Crippen molar-refractivity contribution in [3.8, 4) is 11.5 Å². The van der Waals surface area contributed by atoms with Crippen LogP contribution >= 0.6 is 22.9 Å². The number of hydrogen-bond donors (Lipinski definition) is 0. The second-order valence-electron chi connectivity index (χ2n) is 3.91. The Labute approximate surface area is 129 Å². The van der Waals surface area contributed by atoms with Gasteiger partial charge in [-0.05, 0) is 18.2 Å². The Morgan fingerprint density at radius 1 is 1.33 bits per heavy atom. The van der Waals surface area contributed by atoms with Crippen molar-refractivity contribution in [3.63, 3.8) is 0 Å². The molecule has 0 atom stereocenters. The number of carbonyl (C=O) groups excluding carboxylic acids is 1. The van der Waals surface area contributed by atoms with Crippen LogP contribution in [-0.2, 0) is 0 Å². The van der Waals surface area contributed by atoms with Gasteiger partial charge in [-0.3, -0.25) is 14.9 Å². The zero-order valence-electron chi connectivity index (χ0n) is 10.9. The second kappa shape index (κ2) is 6.55. The molecule has 0 spiro atoms. The number of benzene rings is 1. The van der Waals surface area contributed by atoms with Crippen molar-refractivity contribution in [1.82, 2.24) is 0 Å². The fourth-order valence-corrected chi connectivity index (χ4v) is 2.54. The van der Waals surface area contributed by atoms with Crippen molar-refractivity contribution in [3.05, 3.63) is 49.7 Å². The summed E-state index contributed by atoms with van der Waals surface area (Å²) in [5.41, 5.74) is -0.115. The van der Waals surface area contributed by atoms with Crippen LogP contribution in [0.5, 0.6) is 11.5 Å². The number of ether oxygens (including phenoxy) is 2. The molecule has 1 aromatic carbocycles. The SMILES string of the molecule is COc1cc([N+](=O)[O-])ccc1OCC(=O)c1ccc(Cl)s1. The van der Waals surface area contributed by atoms with E-state index in [1.54, 1.807) is 12.1 Å². The first-order valence-electron chi connectivity index (χ1n) is 5.75. The van der Waals surface area contributed by atoms with E-state index in [1.807, 2.05) is 0 Å². The summed E-state index contributed by atoms with van der Waals surface area (Å²) < 4.78 is 10.9. The summed E-state index contributed by atoms with van der Waals surface area (Å²) >= 11 is 6.92. The van der Waals surface area contributed by atoms with E-state index < -0.39 is 4.92 Å². The van der Waals surface area contributed by atoms with Crippen LogP contribution in [0.25, 0.3) is 0 Å². The van der Waals surface area contributed by atoms with Gasteiger partial charge in [-0.15, -0.1) is 11.3 Å². The second-order valence-corrected chi connectivity index (χ2v) is 5.62. The van der Waals surface area contributed by atoms with E-state index in [4.69, 9.17) is 21.1 Å². The van der Waals surface area contributed by atoms with Gasteiger partial charge in [0.15, 0.2) is 18.1 Å². The van der Waals surface area contributed by atoms with Crippen LogP contribution in [0.3, 0.4) is 0 Å². The highest BCUT2D eigenvalue weighted by molar-refractivity contribution is 7.18. The standard InChI is InChI=1S/C13H10ClNO5S/c1-19-11-6-8(15(17)18)2-3-10(11)20-7-9(16)12-4-5-13(14)21-12/h2-6H,7H2,1H3. The Kier molecular flexibility index (Phi) is 4.77. The lowest BCUT2D eigenvalue weighted by Gasteiger charge is -2.09.